The largest absolute Gasteiger partial charge is 0.417 e. The zero-order valence-electron chi connectivity index (χ0n) is 13.8. The molecule has 3 aliphatic rings. The summed E-state index contributed by atoms with van der Waals surface area (Å²) in [4.78, 5) is 26.6. The van der Waals surface area contributed by atoms with Gasteiger partial charge in [-0.1, -0.05) is 11.6 Å². The first kappa shape index (κ1) is 17.8. The Labute approximate surface area is 151 Å². The molecule has 2 amide bonds. The molecule has 0 spiro atoms. The standard InChI is InChI=1S/C17H15ClF3NO4/c1-15-6-10(23)16(2,26-15)12-11(15)13(24)22(14(12)25)7-3-4-9(18)8(5-7)17(19,20)21/h3-5,10-12,23H,6H2,1-2H3/t10-,11+,12-,15?,16?/m0/s1. The van der Waals surface area contributed by atoms with Crippen molar-refractivity contribution in [2.45, 2.75) is 43.8 Å². The van der Waals surface area contributed by atoms with Crippen molar-refractivity contribution < 1.29 is 32.6 Å². The van der Waals surface area contributed by atoms with E-state index in [-0.39, 0.29) is 12.1 Å². The van der Waals surface area contributed by atoms with Crippen molar-refractivity contribution in [1.29, 1.82) is 0 Å². The molecular weight excluding hydrogens is 375 g/mol. The molecule has 3 aliphatic heterocycles. The molecule has 3 fully saturated rings. The van der Waals surface area contributed by atoms with Crippen LogP contribution in [0.1, 0.15) is 25.8 Å². The van der Waals surface area contributed by atoms with E-state index in [2.05, 4.69) is 0 Å². The summed E-state index contributed by atoms with van der Waals surface area (Å²) in [6, 6.07) is 2.92. The first-order valence-corrected chi connectivity index (χ1v) is 8.41. The number of hydrogen-bond acceptors (Lipinski definition) is 4. The summed E-state index contributed by atoms with van der Waals surface area (Å²) in [5.41, 5.74) is -3.57. The van der Waals surface area contributed by atoms with Crippen molar-refractivity contribution in [2.24, 2.45) is 11.8 Å². The molecule has 1 aromatic carbocycles. The zero-order chi connectivity index (χ0) is 19.2. The number of carbonyl (C=O) groups is 2. The molecule has 0 aromatic heterocycles. The summed E-state index contributed by atoms with van der Waals surface area (Å²) >= 11 is 5.61. The number of rotatable bonds is 1. The minimum Gasteiger partial charge on any atom is -0.390 e. The molecule has 26 heavy (non-hydrogen) atoms. The minimum absolute atomic E-state index is 0.186. The summed E-state index contributed by atoms with van der Waals surface area (Å²) in [7, 11) is 0. The number of anilines is 1. The molecule has 0 saturated carbocycles. The topological polar surface area (TPSA) is 66.8 Å². The van der Waals surface area contributed by atoms with Gasteiger partial charge in [0.15, 0.2) is 0 Å². The van der Waals surface area contributed by atoms with E-state index >= 15 is 0 Å². The van der Waals surface area contributed by atoms with Crippen molar-refractivity contribution in [3.8, 4) is 0 Å². The van der Waals surface area contributed by atoms with Crippen LogP contribution in [0.2, 0.25) is 5.02 Å². The fourth-order valence-electron chi connectivity index (χ4n) is 4.65. The lowest BCUT2D eigenvalue weighted by Gasteiger charge is -2.31. The van der Waals surface area contributed by atoms with E-state index in [0.29, 0.717) is 6.07 Å². The van der Waals surface area contributed by atoms with Gasteiger partial charge >= 0.3 is 6.18 Å². The maximum absolute atomic E-state index is 13.1. The Morgan fingerprint density at radius 3 is 2.46 bits per heavy atom. The number of hydrogen-bond donors (Lipinski definition) is 1. The van der Waals surface area contributed by atoms with Crippen molar-refractivity contribution >= 4 is 29.1 Å². The number of alkyl halides is 3. The maximum atomic E-state index is 13.1. The Balaban J connectivity index is 1.80. The SMILES string of the molecule is CC12C[C@H](O)C(C)(O1)[C@@H]1C(=O)N(c3ccc(Cl)c(C(F)(F)F)c3)C(=O)[C@@H]12. The van der Waals surface area contributed by atoms with E-state index in [1.54, 1.807) is 13.8 Å². The highest BCUT2D eigenvalue weighted by molar-refractivity contribution is 6.31. The number of aliphatic hydroxyl groups excluding tert-OH is 1. The predicted molar refractivity (Wildman–Crippen MR) is 84.4 cm³/mol. The molecule has 9 heteroatoms. The third-order valence-electron chi connectivity index (χ3n) is 5.81. The number of aliphatic hydroxyl groups is 1. The molecule has 3 heterocycles. The highest BCUT2D eigenvalue weighted by atomic mass is 35.5. The van der Waals surface area contributed by atoms with Crippen LogP contribution in [0.5, 0.6) is 0 Å². The first-order valence-electron chi connectivity index (χ1n) is 8.03. The first-order chi connectivity index (χ1) is 11.9. The van der Waals surface area contributed by atoms with E-state index < -0.39 is 57.7 Å². The minimum atomic E-state index is -4.72. The Morgan fingerprint density at radius 1 is 1.23 bits per heavy atom. The summed E-state index contributed by atoms with van der Waals surface area (Å²) in [6.45, 7) is 3.20. The number of nitrogens with zero attached hydrogens (tertiary/aromatic N) is 1. The Morgan fingerprint density at radius 2 is 1.85 bits per heavy atom. The van der Waals surface area contributed by atoms with Gasteiger partial charge in [0, 0.05) is 6.42 Å². The molecule has 5 atom stereocenters. The van der Waals surface area contributed by atoms with Crippen LogP contribution in [-0.4, -0.2) is 34.2 Å². The molecule has 1 aromatic rings. The normalized spacial score (nSPS) is 39.0. The van der Waals surface area contributed by atoms with Crippen LogP contribution in [0.15, 0.2) is 18.2 Å². The highest BCUT2D eigenvalue weighted by Crippen LogP contribution is 2.61. The van der Waals surface area contributed by atoms with E-state index in [1.165, 1.54) is 6.07 Å². The second-order valence-electron chi connectivity index (χ2n) is 7.45. The van der Waals surface area contributed by atoms with Gasteiger partial charge in [-0.3, -0.25) is 9.59 Å². The van der Waals surface area contributed by atoms with Crippen LogP contribution in [0.4, 0.5) is 18.9 Å². The van der Waals surface area contributed by atoms with Crippen LogP contribution in [0, 0.1) is 11.8 Å². The van der Waals surface area contributed by atoms with Gasteiger partial charge in [-0.2, -0.15) is 13.2 Å². The molecule has 2 unspecified atom stereocenters. The third-order valence-corrected chi connectivity index (χ3v) is 6.14. The Hall–Kier alpha value is -1.64. The molecule has 5 nitrogen and oxygen atoms in total. The summed E-state index contributed by atoms with van der Waals surface area (Å²) < 4.78 is 45.2. The van der Waals surface area contributed by atoms with Gasteiger partial charge in [0.2, 0.25) is 11.8 Å². The van der Waals surface area contributed by atoms with Gasteiger partial charge in [-0.15, -0.1) is 0 Å². The van der Waals surface area contributed by atoms with Crippen molar-refractivity contribution in [3.63, 3.8) is 0 Å². The number of ether oxygens (including phenoxy) is 1. The number of amides is 2. The van der Waals surface area contributed by atoms with Gasteiger partial charge in [-0.05, 0) is 32.0 Å². The quantitative estimate of drug-likeness (QED) is 0.750. The van der Waals surface area contributed by atoms with Crippen LogP contribution in [0.25, 0.3) is 0 Å². The van der Waals surface area contributed by atoms with Crippen molar-refractivity contribution in [3.05, 3.63) is 28.8 Å². The van der Waals surface area contributed by atoms with Gasteiger partial charge in [-0.25, -0.2) is 4.90 Å². The number of halogens is 4. The summed E-state index contributed by atoms with van der Waals surface area (Å²) in [5, 5.41) is 9.75. The van der Waals surface area contributed by atoms with E-state index in [4.69, 9.17) is 16.3 Å². The van der Waals surface area contributed by atoms with Gasteiger partial charge in [0.1, 0.15) is 5.60 Å². The number of carbonyl (C=O) groups excluding carboxylic acids is 2. The second-order valence-corrected chi connectivity index (χ2v) is 7.85. The fraction of sp³-hybridized carbons (Fsp3) is 0.529. The molecule has 0 aliphatic carbocycles. The average Bonchev–Trinajstić information content (AvgIpc) is 3.01. The second kappa shape index (κ2) is 4.99. The van der Waals surface area contributed by atoms with Gasteiger partial charge in [0.05, 0.1) is 39.8 Å². The number of imide groups is 1. The van der Waals surface area contributed by atoms with Crippen LogP contribution >= 0.6 is 11.6 Å². The predicted octanol–water partition coefficient (Wildman–Crippen LogP) is 2.78. The van der Waals surface area contributed by atoms with E-state index in [9.17, 15) is 27.9 Å². The lowest BCUT2D eigenvalue weighted by molar-refractivity contribution is -0.138. The molecule has 1 N–H and O–H groups in total. The van der Waals surface area contributed by atoms with E-state index in [0.717, 1.165) is 11.0 Å². The van der Waals surface area contributed by atoms with Crippen LogP contribution < -0.4 is 4.90 Å². The summed E-state index contributed by atoms with van der Waals surface area (Å²) in [6.07, 6.45) is -5.46. The number of benzene rings is 1. The number of fused-ring (bicyclic) bond motifs is 5. The summed E-state index contributed by atoms with van der Waals surface area (Å²) in [5.74, 6) is -3.06. The van der Waals surface area contributed by atoms with Crippen LogP contribution in [-0.2, 0) is 20.5 Å². The maximum Gasteiger partial charge on any atom is 0.417 e. The smallest absolute Gasteiger partial charge is 0.390 e. The highest BCUT2D eigenvalue weighted by Gasteiger charge is 2.75. The van der Waals surface area contributed by atoms with Crippen molar-refractivity contribution in [1.82, 2.24) is 0 Å². The van der Waals surface area contributed by atoms with Crippen molar-refractivity contribution in [2.75, 3.05) is 4.90 Å². The zero-order valence-corrected chi connectivity index (χ0v) is 14.6. The Bertz CT molecular complexity index is 844. The lowest BCUT2D eigenvalue weighted by Crippen LogP contribution is -2.49. The molecule has 140 valence electrons. The fourth-order valence-corrected chi connectivity index (χ4v) is 4.87. The van der Waals surface area contributed by atoms with Gasteiger partial charge in [0.25, 0.3) is 0 Å². The average molecular weight is 390 g/mol. The Kier molecular flexibility index (Phi) is 3.41. The van der Waals surface area contributed by atoms with E-state index in [1.807, 2.05) is 0 Å². The molecule has 0 radical (unpaired) electrons. The molecule has 3 saturated heterocycles. The monoisotopic (exact) mass is 389 g/mol. The third kappa shape index (κ3) is 2.06. The molecule has 2 bridgehead atoms. The van der Waals surface area contributed by atoms with Gasteiger partial charge < -0.3 is 9.84 Å². The lowest BCUT2D eigenvalue weighted by atomic mass is 9.67. The van der Waals surface area contributed by atoms with Crippen LogP contribution in [0.3, 0.4) is 0 Å². The molecular formula is C17H15ClF3NO4. The molecule has 4 rings (SSSR count).